The van der Waals surface area contributed by atoms with Crippen LogP contribution in [0.25, 0.3) is 11.3 Å². The molecule has 10 heteroatoms. The van der Waals surface area contributed by atoms with Crippen LogP contribution in [-0.4, -0.2) is 67.3 Å². The first-order valence-corrected chi connectivity index (χ1v) is 11.4. The first-order chi connectivity index (χ1) is 17.2. The van der Waals surface area contributed by atoms with Crippen LogP contribution < -0.4 is 24.8 Å². The van der Waals surface area contributed by atoms with Crippen LogP contribution in [0.3, 0.4) is 0 Å². The number of anilines is 1. The maximum Gasteiger partial charge on any atom is 0.251 e. The molecule has 0 aliphatic carbocycles. The fourth-order valence-electron chi connectivity index (χ4n) is 4.55. The van der Waals surface area contributed by atoms with Gasteiger partial charge in [0.05, 0.1) is 38.1 Å². The molecule has 2 saturated heterocycles. The molecule has 1 amide bonds. The van der Waals surface area contributed by atoms with Gasteiger partial charge in [0.1, 0.15) is 18.0 Å². The number of hydrogen-bond acceptors (Lipinski definition) is 9. The van der Waals surface area contributed by atoms with Gasteiger partial charge in [0.15, 0.2) is 11.5 Å². The summed E-state index contributed by atoms with van der Waals surface area (Å²) in [5.41, 5.74) is 2.21. The lowest BCUT2D eigenvalue weighted by Crippen LogP contribution is -2.44. The third-order valence-corrected chi connectivity index (χ3v) is 6.36. The van der Waals surface area contributed by atoms with E-state index in [4.69, 9.17) is 23.7 Å². The van der Waals surface area contributed by atoms with E-state index in [9.17, 15) is 4.79 Å². The molecule has 4 heterocycles. The van der Waals surface area contributed by atoms with Crippen LogP contribution >= 0.6 is 0 Å². The van der Waals surface area contributed by atoms with Gasteiger partial charge in [-0.1, -0.05) is 0 Å². The number of amides is 1. The molecule has 3 aliphatic heterocycles. The summed E-state index contributed by atoms with van der Waals surface area (Å²) in [4.78, 5) is 21.7. The Morgan fingerprint density at radius 2 is 1.74 bits per heavy atom. The van der Waals surface area contributed by atoms with Crippen LogP contribution in [0.2, 0.25) is 0 Å². The summed E-state index contributed by atoms with van der Waals surface area (Å²) in [5.74, 6) is 2.42. The number of methoxy groups -OCH3 is 1. The molecule has 35 heavy (non-hydrogen) atoms. The molecule has 6 rings (SSSR count). The highest BCUT2D eigenvalue weighted by atomic mass is 16.7. The van der Waals surface area contributed by atoms with Gasteiger partial charge in [0, 0.05) is 17.3 Å². The Kier molecular flexibility index (Phi) is 5.59. The van der Waals surface area contributed by atoms with Crippen molar-refractivity contribution in [3.05, 3.63) is 60.3 Å². The van der Waals surface area contributed by atoms with Crippen molar-refractivity contribution in [3.8, 4) is 28.5 Å². The van der Waals surface area contributed by atoms with Crippen molar-refractivity contribution in [3.63, 3.8) is 0 Å². The second-order valence-electron chi connectivity index (χ2n) is 8.49. The lowest BCUT2D eigenvalue weighted by atomic mass is 10.1. The highest BCUT2D eigenvalue weighted by molar-refractivity contribution is 5.94. The van der Waals surface area contributed by atoms with Crippen LogP contribution in [-0.2, 0) is 9.47 Å². The van der Waals surface area contributed by atoms with Crippen molar-refractivity contribution in [1.29, 1.82) is 0 Å². The molecule has 2 aromatic carbocycles. The zero-order valence-corrected chi connectivity index (χ0v) is 19.0. The van der Waals surface area contributed by atoms with Gasteiger partial charge in [-0.3, -0.25) is 4.79 Å². The third-order valence-electron chi connectivity index (χ3n) is 6.36. The highest BCUT2D eigenvalue weighted by Crippen LogP contribution is 2.35. The Morgan fingerprint density at radius 1 is 0.971 bits per heavy atom. The molecule has 0 spiro atoms. The zero-order valence-electron chi connectivity index (χ0n) is 19.0. The van der Waals surface area contributed by atoms with Gasteiger partial charge in [-0.2, -0.15) is 0 Å². The van der Waals surface area contributed by atoms with E-state index in [0.717, 1.165) is 17.0 Å². The lowest BCUT2D eigenvalue weighted by molar-refractivity contribution is 0.0652. The largest absolute Gasteiger partial charge is 0.497 e. The van der Waals surface area contributed by atoms with Crippen molar-refractivity contribution in [2.24, 2.45) is 0 Å². The van der Waals surface area contributed by atoms with E-state index in [0.29, 0.717) is 36.2 Å². The number of ether oxygens (including phenoxy) is 5. The number of fused-ring (bicyclic) bond motifs is 2. The molecular formula is C25H24N4O6. The SMILES string of the molecule is COc1ccc(C(=O)NC2COC3C(Nc4nccc(-c5ccc6c(c5)OCO6)n4)COC23)cc1. The van der Waals surface area contributed by atoms with Gasteiger partial charge < -0.3 is 34.3 Å². The predicted octanol–water partition coefficient (Wildman–Crippen LogP) is 2.26. The van der Waals surface area contributed by atoms with Crippen molar-refractivity contribution < 1.29 is 28.5 Å². The molecule has 3 aromatic rings. The third kappa shape index (κ3) is 4.22. The van der Waals surface area contributed by atoms with E-state index in [2.05, 4.69) is 20.6 Å². The van der Waals surface area contributed by atoms with E-state index < -0.39 is 0 Å². The topological polar surface area (TPSA) is 113 Å². The standard InChI is InChI=1S/C25H24N4O6/c1-31-16-5-2-14(3-6-16)24(30)27-18-11-32-23-19(12-33-22(18)23)29-25-26-9-8-17(28-25)15-4-7-20-21(10-15)35-13-34-20/h2-10,18-19,22-23H,11-13H2,1H3,(H,27,30)(H,26,28,29). The number of nitrogens with one attached hydrogen (secondary N) is 2. The second-order valence-corrected chi connectivity index (χ2v) is 8.49. The lowest BCUT2D eigenvalue weighted by Gasteiger charge is -2.18. The van der Waals surface area contributed by atoms with Crippen LogP contribution in [0.4, 0.5) is 5.95 Å². The first kappa shape index (κ1) is 21.6. The fourth-order valence-corrected chi connectivity index (χ4v) is 4.55. The van der Waals surface area contributed by atoms with Crippen LogP contribution in [0, 0.1) is 0 Å². The van der Waals surface area contributed by atoms with E-state index in [1.54, 1.807) is 37.6 Å². The minimum atomic E-state index is -0.258. The molecule has 0 radical (unpaired) electrons. The minimum Gasteiger partial charge on any atom is -0.497 e. The molecule has 0 saturated carbocycles. The van der Waals surface area contributed by atoms with Crippen molar-refractivity contribution >= 4 is 11.9 Å². The Bertz CT molecular complexity index is 1240. The van der Waals surface area contributed by atoms with Gasteiger partial charge in [0.2, 0.25) is 12.7 Å². The molecule has 4 unspecified atom stereocenters. The number of nitrogens with zero attached hydrogens (tertiary/aromatic N) is 2. The smallest absolute Gasteiger partial charge is 0.251 e. The molecule has 3 aliphatic rings. The molecule has 1 aromatic heterocycles. The van der Waals surface area contributed by atoms with Crippen LogP contribution in [0.1, 0.15) is 10.4 Å². The Balaban J connectivity index is 1.10. The molecule has 4 atom stereocenters. The van der Waals surface area contributed by atoms with Crippen LogP contribution in [0.15, 0.2) is 54.7 Å². The monoisotopic (exact) mass is 476 g/mol. The maximum absolute atomic E-state index is 12.7. The maximum atomic E-state index is 12.7. The summed E-state index contributed by atoms with van der Waals surface area (Å²) in [7, 11) is 1.59. The minimum absolute atomic E-state index is 0.144. The summed E-state index contributed by atoms with van der Waals surface area (Å²) in [6.07, 6.45) is 1.22. The van der Waals surface area contributed by atoms with Crippen molar-refractivity contribution in [2.45, 2.75) is 24.3 Å². The number of rotatable bonds is 6. The molecule has 180 valence electrons. The first-order valence-electron chi connectivity index (χ1n) is 11.4. The summed E-state index contributed by atoms with van der Waals surface area (Å²) in [5, 5.41) is 6.37. The predicted molar refractivity (Wildman–Crippen MR) is 125 cm³/mol. The number of hydrogen-bond donors (Lipinski definition) is 2. The summed E-state index contributed by atoms with van der Waals surface area (Å²) < 4.78 is 28.0. The van der Waals surface area contributed by atoms with E-state index in [1.165, 1.54) is 0 Å². The Hall–Kier alpha value is -3.89. The van der Waals surface area contributed by atoms with Gasteiger partial charge in [0.25, 0.3) is 5.91 Å². The molecule has 2 N–H and O–H groups in total. The summed E-state index contributed by atoms with van der Waals surface area (Å²) in [6.45, 7) is 1.01. The van der Waals surface area contributed by atoms with Gasteiger partial charge in [-0.15, -0.1) is 0 Å². The van der Waals surface area contributed by atoms with Gasteiger partial charge in [-0.05, 0) is 48.5 Å². The highest BCUT2D eigenvalue weighted by Gasteiger charge is 2.48. The normalized spacial score (nSPS) is 24.1. The van der Waals surface area contributed by atoms with E-state index in [-0.39, 0.29) is 37.0 Å². The fraction of sp³-hybridized carbons (Fsp3) is 0.320. The van der Waals surface area contributed by atoms with Crippen LogP contribution in [0.5, 0.6) is 17.2 Å². The number of carbonyl (C=O) groups is 1. The number of aromatic nitrogens is 2. The Labute approximate surface area is 201 Å². The molecule has 2 fully saturated rings. The molecule has 10 nitrogen and oxygen atoms in total. The quantitative estimate of drug-likeness (QED) is 0.553. The number of benzene rings is 2. The van der Waals surface area contributed by atoms with E-state index in [1.807, 2.05) is 24.3 Å². The van der Waals surface area contributed by atoms with Gasteiger partial charge in [-0.25, -0.2) is 9.97 Å². The van der Waals surface area contributed by atoms with Crippen molar-refractivity contribution in [2.75, 3.05) is 32.4 Å². The second kappa shape index (κ2) is 9.05. The average molecular weight is 476 g/mol. The molecule has 0 bridgehead atoms. The van der Waals surface area contributed by atoms with Gasteiger partial charge >= 0.3 is 0 Å². The summed E-state index contributed by atoms with van der Waals surface area (Å²) in [6, 6.07) is 14.1. The Morgan fingerprint density at radius 3 is 2.57 bits per heavy atom. The van der Waals surface area contributed by atoms with E-state index >= 15 is 0 Å². The summed E-state index contributed by atoms with van der Waals surface area (Å²) >= 11 is 0. The average Bonchev–Trinajstić information content (AvgIpc) is 3.62. The number of carbonyl (C=O) groups excluding carboxylic acids is 1. The molecular weight excluding hydrogens is 452 g/mol. The zero-order chi connectivity index (χ0) is 23.8. The van der Waals surface area contributed by atoms with Crippen molar-refractivity contribution in [1.82, 2.24) is 15.3 Å².